The van der Waals surface area contributed by atoms with Crippen LogP contribution in [0.25, 0.3) is 76.6 Å². The summed E-state index contributed by atoms with van der Waals surface area (Å²) < 4.78 is 0. The Hall–Kier alpha value is -5.08. The molecular weight excluding hydrogens is 460 g/mol. The average molecular weight is 483 g/mol. The Morgan fingerprint density at radius 2 is 0.974 bits per heavy atom. The molecule has 0 amide bonds. The molecular formula is C36H22N2. The smallest absolute Gasteiger partial charge is 0.0716 e. The first-order valence-corrected chi connectivity index (χ1v) is 12.9. The molecule has 6 aromatic carbocycles. The topological polar surface area (TPSA) is 25.8 Å². The van der Waals surface area contributed by atoms with Crippen LogP contribution >= 0.6 is 0 Å². The zero-order valence-corrected chi connectivity index (χ0v) is 20.6. The molecule has 2 aromatic heterocycles. The van der Waals surface area contributed by atoms with Crippen LogP contribution in [0.5, 0.6) is 0 Å². The first-order valence-electron chi connectivity index (χ1n) is 12.9. The highest BCUT2D eigenvalue weighted by Crippen LogP contribution is 2.39. The summed E-state index contributed by atoms with van der Waals surface area (Å²) in [6, 6.07) is 47.3. The number of aromatic nitrogens is 2. The van der Waals surface area contributed by atoms with Crippen LogP contribution in [-0.2, 0) is 0 Å². The van der Waals surface area contributed by atoms with Crippen molar-refractivity contribution in [2.75, 3.05) is 0 Å². The highest BCUT2D eigenvalue weighted by molar-refractivity contribution is 6.23. The molecule has 0 radical (unpaired) electrons. The maximum Gasteiger partial charge on any atom is 0.0716 e. The first-order chi connectivity index (χ1) is 18.8. The molecule has 8 rings (SSSR count). The molecule has 0 aliphatic carbocycles. The number of nitrogens with zero attached hydrogens (tertiary/aromatic N) is 2. The molecule has 0 N–H and O–H groups in total. The summed E-state index contributed by atoms with van der Waals surface area (Å²) in [6.45, 7) is 0. The molecule has 0 saturated carbocycles. The summed E-state index contributed by atoms with van der Waals surface area (Å²) >= 11 is 0. The molecule has 176 valence electrons. The van der Waals surface area contributed by atoms with Crippen molar-refractivity contribution in [1.29, 1.82) is 0 Å². The van der Waals surface area contributed by atoms with Crippen molar-refractivity contribution in [3.8, 4) is 22.5 Å². The lowest BCUT2D eigenvalue weighted by Gasteiger charge is -2.14. The van der Waals surface area contributed by atoms with E-state index in [0.29, 0.717) is 0 Å². The predicted molar refractivity (Wildman–Crippen MR) is 160 cm³/mol. The largest absolute Gasteiger partial charge is 0.248 e. The van der Waals surface area contributed by atoms with E-state index < -0.39 is 0 Å². The van der Waals surface area contributed by atoms with Crippen LogP contribution in [0.4, 0.5) is 0 Å². The van der Waals surface area contributed by atoms with E-state index in [1.807, 2.05) is 12.1 Å². The van der Waals surface area contributed by atoms with E-state index in [9.17, 15) is 0 Å². The summed E-state index contributed by atoms with van der Waals surface area (Å²) in [6.07, 6.45) is 0. The fraction of sp³-hybridized carbons (Fsp3) is 0. The minimum absolute atomic E-state index is 0.994. The first kappa shape index (κ1) is 21.0. The summed E-state index contributed by atoms with van der Waals surface area (Å²) in [5.41, 5.74) is 6.32. The van der Waals surface area contributed by atoms with E-state index in [4.69, 9.17) is 9.97 Å². The second-order valence-corrected chi connectivity index (χ2v) is 9.85. The molecule has 0 aliphatic heterocycles. The van der Waals surface area contributed by atoms with E-state index in [1.54, 1.807) is 0 Å². The van der Waals surface area contributed by atoms with Crippen LogP contribution in [0.2, 0.25) is 0 Å². The standard InChI is InChI=1S/C36H22N2/c1-5-11-32-23(7-1)16-19-34(37-32)26-15-18-28-25(21-26)13-14-27-22-31(29-9-3-4-10-30(29)36(27)28)35-20-17-24-8-2-6-12-33(24)38-35/h1-22H. The third-order valence-electron chi connectivity index (χ3n) is 7.61. The lowest BCUT2D eigenvalue weighted by Crippen LogP contribution is -1.90. The van der Waals surface area contributed by atoms with Crippen molar-refractivity contribution in [2.24, 2.45) is 0 Å². The van der Waals surface area contributed by atoms with E-state index in [0.717, 1.165) is 44.3 Å². The summed E-state index contributed by atoms with van der Waals surface area (Å²) in [5.74, 6) is 0. The van der Waals surface area contributed by atoms with Crippen LogP contribution in [0.15, 0.2) is 133 Å². The monoisotopic (exact) mass is 482 g/mol. The van der Waals surface area contributed by atoms with Crippen molar-refractivity contribution in [3.63, 3.8) is 0 Å². The zero-order chi connectivity index (χ0) is 25.1. The van der Waals surface area contributed by atoms with Crippen LogP contribution in [0.1, 0.15) is 0 Å². The summed E-state index contributed by atoms with van der Waals surface area (Å²) in [7, 11) is 0. The van der Waals surface area contributed by atoms with Gasteiger partial charge in [-0.25, -0.2) is 9.97 Å². The lowest BCUT2D eigenvalue weighted by atomic mass is 9.91. The Morgan fingerprint density at radius 3 is 1.76 bits per heavy atom. The average Bonchev–Trinajstić information content (AvgIpc) is 2.99. The van der Waals surface area contributed by atoms with Gasteiger partial charge in [0.1, 0.15) is 0 Å². The van der Waals surface area contributed by atoms with Gasteiger partial charge in [0.2, 0.25) is 0 Å². The molecule has 0 fully saturated rings. The number of fused-ring (bicyclic) bond motifs is 7. The van der Waals surface area contributed by atoms with Gasteiger partial charge in [-0.1, -0.05) is 97.1 Å². The number of rotatable bonds is 2. The Morgan fingerprint density at radius 1 is 0.368 bits per heavy atom. The van der Waals surface area contributed by atoms with Gasteiger partial charge in [0, 0.05) is 21.9 Å². The predicted octanol–water partition coefficient (Wildman–Crippen LogP) is 9.58. The Kier molecular flexibility index (Phi) is 4.55. The van der Waals surface area contributed by atoms with Crippen molar-refractivity contribution in [3.05, 3.63) is 133 Å². The van der Waals surface area contributed by atoms with Gasteiger partial charge in [-0.15, -0.1) is 0 Å². The summed E-state index contributed by atoms with van der Waals surface area (Å²) in [5, 5.41) is 9.74. The van der Waals surface area contributed by atoms with Crippen LogP contribution < -0.4 is 0 Å². The van der Waals surface area contributed by atoms with Crippen LogP contribution in [-0.4, -0.2) is 9.97 Å². The molecule has 2 nitrogen and oxygen atoms in total. The Bertz CT molecular complexity index is 2190. The number of hydrogen-bond donors (Lipinski definition) is 0. The number of hydrogen-bond acceptors (Lipinski definition) is 2. The quantitative estimate of drug-likeness (QED) is 0.229. The lowest BCUT2D eigenvalue weighted by molar-refractivity contribution is 1.40. The van der Waals surface area contributed by atoms with Crippen molar-refractivity contribution in [2.45, 2.75) is 0 Å². The number of para-hydroxylation sites is 2. The van der Waals surface area contributed by atoms with Gasteiger partial charge >= 0.3 is 0 Å². The third-order valence-corrected chi connectivity index (χ3v) is 7.61. The number of benzene rings is 6. The van der Waals surface area contributed by atoms with Crippen molar-refractivity contribution >= 4 is 54.1 Å². The molecule has 0 saturated heterocycles. The van der Waals surface area contributed by atoms with Gasteiger partial charge < -0.3 is 0 Å². The minimum atomic E-state index is 0.994. The second kappa shape index (κ2) is 8.22. The minimum Gasteiger partial charge on any atom is -0.248 e. The fourth-order valence-electron chi connectivity index (χ4n) is 5.75. The highest BCUT2D eigenvalue weighted by atomic mass is 14.7. The molecule has 0 spiro atoms. The molecule has 0 unspecified atom stereocenters. The molecule has 2 heterocycles. The van der Waals surface area contributed by atoms with Gasteiger partial charge in [0.05, 0.1) is 22.4 Å². The molecule has 0 atom stereocenters. The van der Waals surface area contributed by atoms with Gasteiger partial charge in [0.25, 0.3) is 0 Å². The SMILES string of the molecule is c1ccc2nc(-c3ccc4c(ccc5cc(-c6ccc7ccccc7n6)c6ccccc6c54)c3)ccc2c1. The molecule has 0 bridgehead atoms. The fourth-order valence-corrected chi connectivity index (χ4v) is 5.75. The van der Waals surface area contributed by atoms with E-state index in [-0.39, 0.29) is 0 Å². The van der Waals surface area contributed by atoms with Gasteiger partial charge in [-0.2, -0.15) is 0 Å². The summed E-state index contributed by atoms with van der Waals surface area (Å²) in [4.78, 5) is 9.95. The van der Waals surface area contributed by atoms with Crippen molar-refractivity contribution in [1.82, 2.24) is 9.97 Å². The van der Waals surface area contributed by atoms with Gasteiger partial charge in [-0.3, -0.25) is 0 Å². The molecule has 2 heteroatoms. The van der Waals surface area contributed by atoms with E-state index in [1.165, 1.54) is 32.3 Å². The van der Waals surface area contributed by atoms with E-state index >= 15 is 0 Å². The van der Waals surface area contributed by atoms with Crippen LogP contribution in [0.3, 0.4) is 0 Å². The van der Waals surface area contributed by atoms with Crippen LogP contribution in [0, 0.1) is 0 Å². The number of pyridine rings is 2. The zero-order valence-electron chi connectivity index (χ0n) is 20.6. The van der Waals surface area contributed by atoms with Gasteiger partial charge in [0.15, 0.2) is 0 Å². The third kappa shape index (κ3) is 3.28. The maximum absolute atomic E-state index is 5.02. The van der Waals surface area contributed by atoms with Crippen molar-refractivity contribution < 1.29 is 0 Å². The van der Waals surface area contributed by atoms with Gasteiger partial charge in [-0.05, 0) is 68.7 Å². The Balaban J connectivity index is 1.35. The molecule has 8 aromatic rings. The normalized spacial score (nSPS) is 11.7. The maximum atomic E-state index is 5.02. The second-order valence-electron chi connectivity index (χ2n) is 9.85. The highest BCUT2D eigenvalue weighted by Gasteiger charge is 2.13. The Labute approximate surface area is 219 Å². The molecule has 0 aliphatic rings. The molecule has 38 heavy (non-hydrogen) atoms. The van der Waals surface area contributed by atoms with E-state index in [2.05, 4.69) is 121 Å².